The van der Waals surface area contributed by atoms with Gasteiger partial charge in [-0.3, -0.25) is 9.89 Å². The average Bonchev–Trinajstić information content (AvgIpc) is 2.92. The van der Waals surface area contributed by atoms with E-state index in [-0.39, 0.29) is 5.91 Å². The number of para-hydroxylation sites is 1. The van der Waals surface area contributed by atoms with Crippen molar-refractivity contribution < 1.29 is 4.79 Å². The average molecular weight is 268 g/mol. The van der Waals surface area contributed by atoms with Crippen LogP contribution in [0.1, 0.15) is 27.3 Å². The van der Waals surface area contributed by atoms with Gasteiger partial charge in [-0.15, -0.1) is 0 Å². The predicted molar refractivity (Wildman–Crippen MR) is 79.1 cm³/mol. The second kappa shape index (κ2) is 4.52. The van der Waals surface area contributed by atoms with E-state index in [0.29, 0.717) is 11.4 Å². The monoisotopic (exact) mass is 268 g/mol. The minimum Gasteiger partial charge on any atom is -0.358 e. The van der Waals surface area contributed by atoms with Crippen LogP contribution in [0.4, 0.5) is 5.82 Å². The first kappa shape index (κ1) is 12.5. The fourth-order valence-corrected chi connectivity index (χ4v) is 2.35. The van der Waals surface area contributed by atoms with Gasteiger partial charge in [0, 0.05) is 27.9 Å². The summed E-state index contributed by atoms with van der Waals surface area (Å²) in [7, 11) is 0. The van der Waals surface area contributed by atoms with Crippen molar-refractivity contribution in [1.82, 2.24) is 15.2 Å². The number of amides is 1. The highest BCUT2D eigenvalue weighted by Gasteiger charge is 2.17. The first-order valence-corrected chi connectivity index (χ1v) is 6.48. The molecule has 0 saturated heterocycles. The van der Waals surface area contributed by atoms with Gasteiger partial charge in [-0.05, 0) is 26.8 Å². The molecule has 3 rings (SSSR count). The molecule has 1 aromatic carbocycles. The molecule has 5 nitrogen and oxygen atoms in total. The number of nitrogens with one attached hydrogen (secondary N) is 3. The Labute approximate surface area is 116 Å². The van der Waals surface area contributed by atoms with Crippen LogP contribution < -0.4 is 5.32 Å². The molecule has 0 bridgehead atoms. The third-order valence-electron chi connectivity index (χ3n) is 3.61. The van der Waals surface area contributed by atoms with Crippen LogP contribution in [0.15, 0.2) is 24.3 Å². The van der Waals surface area contributed by atoms with Gasteiger partial charge in [-0.2, -0.15) is 5.10 Å². The highest BCUT2D eigenvalue weighted by molar-refractivity contribution is 6.13. The standard InChI is InChI=1S/C15H16N4O/c1-8-9(2)18-19-14(8)17-15(20)13-10(3)16-12-7-5-4-6-11(12)13/h4-7,16H,1-3H3,(H2,17,18,19,20). The molecular formula is C15H16N4O. The third kappa shape index (κ3) is 1.87. The molecule has 2 heterocycles. The molecule has 0 aliphatic heterocycles. The lowest BCUT2D eigenvalue weighted by Gasteiger charge is -2.03. The van der Waals surface area contributed by atoms with Crippen molar-refractivity contribution in [3.63, 3.8) is 0 Å². The molecule has 102 valence electrons. The molecular weight excluding hydrogens is 252 g/mol. The smallest absolute Gasteiger partial charge is 0.259 e. The Bertz CT molecular complexity index is 797. The lowest BCUT2D eigenvalue weighted by atomic mass is 10.1. The van der Waals surface area contributed by atoms with Gasteiger partial charge in [-0.25, -0.2) is 0 Å². The van der Waals surface area contributed by atoms with E-state index in [2.05, 4.69) is 20.5 Å². The molecule has 3 N–H and O–H groups in total. The van der Waals surface area contributed by atoms with E-state index >= 15 is 0 Å². The zero-order valence-electron chi connectivity index (χ0n) is 11.7. The maximum Gasteiger partial charge on any atom is 0.259 e. The summed E-state index contributed by atoms with van der Waals surface area (Å²) in [5.41, 5.74) is 4.39. The summed E-state index contributed by atoms with van der Waals surface area (Å²) < 4.78 is 0. The fraction of sp³-hybridized carbons (Fsp3) is 0.200. The van der Waals surface area contributed by atoms with E-state index in [1.54, 1.807) is 0 Å². The maximum atomic E-state index is 12.5. The summed E-state index contributed by atoms with van der Waals surface area (Å²) >= 11 is 0. The Kier molecular flexibility index (Phi) is 2.82. The van der Waals surface area contributed by atoms with Gasteiger partial charge < -0.3 is 10.3 Å². The molecule has 2 aromatic heterocycles. The second-order valence-corrected chi connectivity index (χ2v) is 4.95. The highest BCUT2D eigenvalue weighted by atomic mass is 16.1. The number of carbonyl (C=O) groups is 1. The number of aryl methyl sites for hydroxylation is 2. The van der Waals surface area contributed by atoms with E-state index in [0.717, 1.165) is 27.9 Å². The van der Waals surface area contributed by atoms with E-state index in [9.17, 15) is 4.79 Å². The molecule has 0 unspecified atom stereocenters. The van der Waals surface area contributed by atoms with Crippen LogP contribution in [0.5, 0.6) is 0 Å². The molecule has 20 heavy (non-hydrogen) atoms. The van der Waals surface area contributed by atoms with Gasteiger partial charge in [0.1, 0.15) is 0 Å². The van der Waals surface area contributed by atoms with Crippen LogP contribution in [0.2, 0.25) is 0 Å². The minimum atomic E-state index is -0.144. The summed E-state index contributed by atoms with van der Waals surface area (Å²) in [5.74, 6) is 0.437. The van der Waals surface area contributed by atoms with Crippen molar-refractivity contribution in [3.05, 3.63) is 46.8 Å². The summed E-state index contributed by atoms with van der Waals surface area (Å²) in [5, 5.41) is 10.8. The lowest BCUT2D eigenvalue weighted by Crippen LogP contribution is -2.13. The van der Waals surface area contributed by atoms with Crippen LogP contribution in [-0.2, 0) is 0 Å². The minimum absolute atomic E-state index is 0.144. The number of hydrogen-bond donors (Lipinski definition) is 3. The van der Waals surface area contributed by atoms with Gasteiger partial charge in [0.15, 0.2) is 5.82 Å². The van der Waals surface area contributed by atoms with Crippen molar-refractivity contribution in [2.24, 2.45) is 0 Å². The third-order valence-corrected chi connectivity index (χ3v) is 3.61. The first-order chi connectivity index (χ1) is 9.58. The van der Waals surface area contributed by atoms with Gasteiger partial charge in [0.25, 0.3) is 5.91 Å². The number of carbonyl (C=O) groups excluding carboxylic acids is 1. The molecule has 0 atom stereocenters. The predicted octanol–water partition coefficient (Wildman–Crippen LogP) is 3.07. The zero-order chi connectivity index (χ0) is 14.3. The number of aromatic amines is 2. The number of aromatic nitrogens is 3. The van der Waals surface area contributed by atoms with Gasteiger partial charge in [0.2, 0.25) is 0 Å². The molecule has 0 aliphatic rings. The zero-order valence-corrected chi connectivity index (χ0v) is 11.7. The topological polar surface area (TPSA) is 73.6 Å². The molecule has 3 aromatic rings. The van der Waals surface area contributed by atoms with E-state index in [4.69, 9.17) is 0 Å². The number of fused-ring (bicyclic) bond motifs is 1. The Balaban J connectivity index is 2.01. The van der Waals surface area contributed by atoms with Crippen LogP contribution in [0, 0.1) is 20.8 Å². The van der Waals surface area contributed by atoms with Crippen LogP contribution in [0.3, 0.4) is 0 Å². The van der Waals surface area contributed by atoms with Crippen molar-refractivity contribution in [1.29, 1.82) is 0 Å². The molecule has 0 fully saturated rings. The number of nitrogens with zero attached hydrogens (tertiary/aromatic N) is 1. The van der Waals surface area contributed by atoms with E-state index < -0.39 is 0 Å². The van der Waals surface area contributed by atoms with Gasteiger partial charge in [0.05, 0.1) is 5.56 Å². The lowest BCUT2D eigenvalue weighted by molar-refractivity contribution is 0.102. The summed E-state index contributed by atoms with van der Waals surface area (Å²) in [6.45, 7) is 5.75. The molecule has 0 radical (unpaired) electrons. The van der Waals surface area contributed by atoms with Crippen molar-refractivity contribution in [2.45, 2.75) is 20.8 Å². The Hall–Kier alpha value is -2.56. The molecule has 5 heteroatoms. The number of hydrogen-bond acceptors (Lipinski definition) is 2. The summed E-state index contributed by atoms with van der Waals surface area (Å²) in [6.07, 6.45) is 0. The Morgan fingerprint density at radius 1 is 1.15 bits per heavy atom. The van der Waals surface area contributed by atoms with Crippen LogP contribution in [-0.4, -0.2) is 21.1 Å². The van der Waals surface area contributed by atoms with E-state index in [1.165, 1.54) is 0 Å². The fourth-order valence-electron chi connectivity index (χ4n) is 2.35. The quantitative estimate of drug-likeness (QED) is 0.668. The highest BCUT2D eigenvalue weighted by Crippen LogP contribution is 2.23. The molecule has 0 aliphatic carbocycles. The SMILES string of the molecule is Cc1[nH]nc(NC(=O)c2c(C)[nH]c3ccccc23)c1C. The number of anilines is 1. The van der Waals surface area contributed by atoms with Crippen LogP contribution >= 0.6 is 0 Å². The first-order valence-electron chi connectivity index (χ1n) is 6.48. The number of rotatable bonds is 2. The van der Waals surface area contributed by atoms with Gasteiger partial charge in [-0.1, -0.05) is 18.2 Å². The summed E-state index contributed by atoms with van der Waals surface area (Å²) in [6, 6.07) is 7.77. The largest absolute Gasteiger partial charge is 0.358 e. The Morgan fingerprint density at radius 2 is 1.90 bits per heavy atom. The molecule has 0 spiro atoms. The van der Waals surface area contributed by atoms with Crippen LogP contribution in [0.25, 0.3) is 10.9 Å². The number of benzene rings is 1. The molecule has 0 saturated carbocycles. The maximum absolute atomic E-state index is 12.5. The van der Waals surface area contributed by atoms with Crippen molar-refractivity contribution in [2.75, 3.05) is 5.32 Å². The van der Waals surface area contributed by atoms with E-state index in [1.807, 2.05) is 45.0 Å². The Morgan fingerprint density at radius 3 is 2.60 bits per heavy atom. The summed E-state index contributed by atoms with van der Waals surface area (Å²) in [4.78, 5) is 15.7. The molecule has 1 amide bonds. The second-order valence-electron chi connectivity index (χ2n) is 4.95. The number of H-pyrrole nitrogens is 2. The van der Waals surface area contributed by atoms with Crippen molar-refractivity contribution in [3.8, 4) is 0 Å². The van der Waals surface area contributed by atoms with Gasteiger partial charge >= 0.3 is 0 Å². The normalized spacial score (nSPS) is 10.9. The van der Waals surface area contributed by atoms with Crippen molar-refractivity contribution >= 4 is 22.6 Å².